The van der Waals surface area contributed by atoms with Gasteiger partial charge in [-0.3, -0.25) is 4.79 Å². The Labute approximate surface area is 165 Å². The Bertz CT molecular complexity index is 727. The van der Waals surface area contributed by atoms with Gasteiger partial charge in [0.15, 0.2) is 0 Å². The summed E-state index contributed by atoms with van der Waals surface area (Å²) in [6, 6.07) is 7.88. The van der Waals surface area contributed by atoms with Crippen molar-refractivity contribution in [2.75, 3.05) is 6.61 Å². The van der Waals surface area contributed by atoms with Crippen LogP contribution in [0.1, 0.15) is 40.2 Å². The molecule has 1 aromatic carbocycles. The van der Waals surface area contributed by atoms with Crippen LogP contribution < -0.4 is 11.1 Å². The van der Waals surface area contributed by atoms with E-state index in [0.29, 0.717) is 6.42 Å². The van der Waals surface area contributed by atoms with Crippen LogP contribution in [0.25, 0.3) is 0 Å². The van der Waals surface area contributed by atoms with E-state index < -0.39 is 41.3 Å². The number of imide groups is 1. The Morgan fingerprint density at radius 3 is 2.43 bits per heavy atom. The number of hydrogen-bond donors (Lipinski definition) is 2. The van der Waals surface area contributed by atoms with E-state index in [9.17, 15) is 14.4 Å². The lowest BCUT2D eigenvalue weighted by atomic mass is 9.93. The maximum atomic E-state index is 13.0. The van der Waals surface area contributed by atoms with Crippen LogP contribution in [-0.4, -0.2) is 52.8 Å². The molecule has 1 aliphatic rings. The van der Waals surface area contributed by atoms with Crippen molar-refractivity contribution >= 4 is 18.1 Å². The molecule has 8 heteroatoms. The van der Waals surface area contributed by atoms with Crippen molar-refractivity contribution in [1.82, 2.24) is 10.2 Å². The highest BCUT2D eigenvalue weighted by Crippen LogP contribution is 2.21. The van der Waals surface area contributed by atoms with E-state index in [1.807, 2.05) is 30.3 Å². The summed E-state index contributed by atoms with van der Waals surface area (Å²) in [6.07, 6.45) is -0.953. The van der Waals surface area contributed by atoms with Gasteiger partial charge in [0.05, 0.1) is 11.6 Å². The van der Waals surface area contributed by atoms with Gasteiger partial charge in [-0.2, -0.15) is 0 Å². The van der Waals surface area contributed by atoms with Crippen molar-refractivity contribution in [3.05, 3.63) is 35.9 Å². The van der Waals surface area contributed by atoms with E-state index in [1.165, 1.54) is 0 Å². The number of benzene rings is 1. The first-order valence-electron chi connectivity index (χ1n) is 9.21. The van der Waals surface area contributed by atoms with Gasteiger partial charge in [0.25, 0.3) is 5.91 Å². The highest BCUT2D eigenvalue weighted by Gasteiger charge is 2.44. The lowest BCUT2D eigenvalue weighted by Gasteiger charge is -2.34. The van der Waals surface area contributed by atoms with Crippen molar-refractivity contribution in [3.8, 4) is 0 Å². The van der Waals surface area contributed by atoms with E-state index in [0.717, 1.165) is 10.5 Å². The molecule has 1 saturated heterocycles. The fourth-order valence-corrected chi connectivity index (χ4v) is 2.87. The molecule has 0 aliphatic carbocycles. The lowest BCUT2D eigenvalue weighted by Crippen LogP contribution is -2.63. The summed E-state index contributed by atoms with van der Waals surface area (Å²) in [7, 11) is 0. The Morgan fingerprint density at radius 1 is 1.25 bits per heavy atom. The summed E-state index contributed by atoms with van der Waals surface area (Å²) < 4.78 is 10.3. The monoisotopic (exact) mass is 391 g/mol. The molecule has 3 N–H and O–H groups in total. The lowest BCUT2D eigenvalue weighted by molar-refractivity contribution is -0.132. The van der Waals surface area contributed by atoms with E-state index in [1.54, 1.807) is 34.6 Å². The second kappa shape index (κ2) is 8.18. The van der Waals surface area contributed by atoms with Crippen molar-refractivity contribution in [2.45, 2.75) is 64.3 Å². The molecule has 2 rings (SSSR count). The van der Waals surface area contributed by atoms with Crippen LogP contribution in [0.2, 0.25) is 0 Å². The van der Waals surface area contributed by atoms with E-state index in [2.05, 4.69) is 5.32 Å². The van der Waals surface area contributed by atoms with Crippen LogP contribution in [0.15, 0.2) is 30.3 Å². The maximum absolute atomic E-state index is 13.0. The van der Waals surface area contributed by atoms with Gasteiger partial charge in [-0.25, -0.2) is 14.5 Å². The van der Waals surface area contributed by atoms with Crippen LogP contribution in [0.5, 0.6) is 0 Å². The predicted octanol–water partition coefficient (Wildman–Crippen LogP) is 2.21. The Hall–Kier alpha value is -2.61. The SMILES string of the molecule is CC(C)(C)OC(=O)NC(C)(C)[C@H](N)C(=O)N1C(=O)OC[C@H]1Cc1ccccc1. The third-order valence-corrected chi connectivity index (χ3v) is 4.38. The smallest absolute Gasteiger partial charge is 0.417 e. The quantitative estimate of drug-likeness (QED) is 0.796. The molecule has 1 heterocycles. The number of nitrogens with one attached hydrogen (secondary N) is 1. The van der Waals surface area contributed by atoms with E-state index in [4.69, 9.17) is 15.2 Å². The summed E-state index contributed by atoms with van der Waals surface area (Å²) in [5.41, 5.74) is 5.28. The second-order valence-electron chi connectivity index (χ2n) is 8.45. The van der Waals surface area contributed by atoms with Gasteiger partial charge in [0.2, 0.25) is 0 Å². The Morgan fingerprint density at radius 2 is 1.86 bits per heavy atom. The molecule has 0 unspecified atom stereocenters. The minimum atomic E-state index is -1.16. The number of nitrogens with two attached hydrogens (primary N) is 1. The summed E-state index contributed by atoms with van der Waals surface area (Å²) in [5.74, 6) is -0.607. The van der Waals surface area contributed by atoms with Gasteiger partial charge in [-0.05, 0) is 46.6 Å². The molecule has 28 heavy (non-hydrogen) atoms. The third-order valence-electron chi connectivity index (χ3n) is 4.38. The normalized spacial score (nSPS) is 18.4. The molecule has 0 aromatic heterocycles. The highest BCUT2D eigenvalue weighted by atomic mass is 16.6. The molecule has 1 aromatic rings. The maximum Gasteiger partial charge on any atom is 0.417 e. The van der Waals surface area contributed by atoms with Gasteiger partial charge in [-0.1, -0.05) is 30.3 Å². The number of alkyl carbamates (subject to hydrolysis) is 1. The molecule has 3 amide bonds. The van der Waals surface area contributed by atoms with Crippen molar-refractivity contribution in [2.24, 2.45) is 5.73 Å². The minimum absolute atomic E-state index is 0.103. The standard InChI is InChI=1S/C20H29N3O5/c1-19(2,3)28-17(25)22-20(4,5)15(21)16(24)23-14(12-27-18(23)26)11-13-9-7-6-8-10-13/h6-10,14-15H,11-12,21H2,1-5H3,(H,22,25)/t14-,15-/m1/s1. The molecule has 0 spiro atoms. The van der Waals surface area contributed by atoms with Gasteiger partial charge >= 0.3 is 12.2 Å². The average molecular weight is 391 g/mol. The number of rotatable bonds is 5. The molecule has 0 saturated carbocycles. The molecular weight excluding hydrogens is 362 g/mol. The summed E-state index contributed by atoms with van der Waals surface area (Å²) in [6.45, 7) is 8.52. The largest absolute Gasteiger partial charge is 0.447 e. The molecule has 1 aliphatic heterocycles. The zero-order valence-electron chi connectivity index (χ0n) is 17.0. The number of carbonyl (C=O) groups excluding carboxylic acids is 3. The third kappa shape index (κ3) is 5.45. The van der Waals surface area contributed by atoms with Crippen LogP contribution in [0, 0.1) is 0 Å². The molecular formula is C20H29N3O5. The predicted molar refractivity (Wildman–Crippen MR) is 104 cm³/mol. The average Bonchev–Trinajstić information content (AvgIpc) is 2.92. The number of carbonyl (C=O) groups is 3. The van der Waals surface area contributed by atoms with Gasteiger partial charge in [0.1, 0.15) is 18.2 Å². The van der Waals surface area contributed by atoms with Crippen LogP contribution in [0.3, 0.4) is 0 Å². The van der Waals surface area contributed by atoms with Gasteiger partial charge in [0, 0.05) is 0 Å². The first-order valence-corrected chi connectivity index (χ1v) is 9.21. The van der Waals surface area contributed by atoms with Gasteiger partial charge < -0.3 is 20.5 Å². The fraction of sp³-hybridized carbons (Fsp3) is 0.550. The molecule has 2 atom stereocenters. The molecule has 154 valence electrons. The minimum Gasteiger partial charge on any atom is -0.447 e. The summed E-state index contributed by atoms with van der Waals surface area (Å²) in [4.78, 5) is 38.3. The van der Waals surface area contributed by atoms with Gasteiger partial charge in [-0.15, -0.1) is 0 Å². The topological polar surface area (TPSA) is 111 Å². The Kier molecular flexibility index (Phi) is 6.34. The molecule has 0 bridgehead atoms. The van der Waals surface area contributed by atoms with Crippen molar-refractivity contribution in [1.29, 1.82) is 0 Å². The molecule has 0 radical (unpaired) electrons. The van der Waals surface area contributed by atoms with Crippen LogP contribution in [-0.2, 0) is 20.7 Å². The molecule has 1 fully saturated rings. The number of hydrogen-bond acceptors (Lipinski definition) is 6. The first-order chi connectivity index (χ1) is 12.9. The second-order valence-corrected chi connectivity index (χ2v) is 8.45. The fourth-order valence-electron chi connectivity index (χ4n) is 2.87. The van der Waals surface area contributed by atoms with E-state index in [-0.39, 0.29) is 6.61 Å². The zero-order valence-corrected chi connectivity index (χ0v) is 17.0. The van der Waals surface area contributed by atoms with Crippen LogP contribution in [0.4, 0.5) is 9.59 Å². The highest BCUT2D eigenvalue weighted by molar-refractivity contribution is 5.97. The van der Waals surface area contributed by atoms with Crippen LogP contribution >= 0.6 is 0 Å². The Balaban J connectivity index is 2.10. The molecule has 8 nitrogen and oxygen atoms in total. The van der Waals surface area contributed by atoms with Crippen molar-refractivity contribution in [3.63, 3.8) is 0 Å². The van der Waals surface area contributed by atoms with E-state index >= 15 is 0 Å². The summed E-state index contributed by atoms with van der Waals surface area (Å²) in [5, 5.41) is 2.61. The number of amides is 3. The summed E-state index contributed by atoms with van der Waals surface area (Å²) >= 11 is 0. The number of cyclic esters (lactones) is 1. The zero-order chi connectivity index (χ0) is 21.1. The number of ether oxygens (including phenoxy) is 2. The number of nitrogens with zero attached hydrogens (tertiary/aromatic N) is 1. The first kappa shape index (κ1) is 21.7. The van der Waals surface area contributed by atoms with Crippen molar-refractivity contribution < 1.29 is 23.9 Å².